The van der Waals surface area contributed by atoms with E-state index in [1.165, 1.54) is 80.2 Å². The molecule has 0 spiro atoms. The van der Waals surface area contributed by atoms with E-state index in [1.807, 2.05) is 6.07 Å². The molecule has 0 fully saturated rings. The Bertz CT molecular complexity index is 1430. The van der Waals surface area contributed by atoms with Crippen molar-refractivity contribution in [3.8, 4) is 22.3 Å². The molecule has 1 atom stereocenters. The fraction of sp³-hybridized carbons (Fsp3) is 0.229. The Hall–Kier alpha value is -1.83. The van der Waals surface area contributed by atoms with Gasteiger partial charge in [-0.15, -0.1) is 40.1 Å². The second-order valence-electron chi connectivity index (χ2n) is 9.88. The van der Waals surface area contributed by atoms with Gasteiger partial charge in [0, 0.05) is 0 Å². The minimum Gasteiger partial charge on any atom is -0.184 e. The maximum Gasteiger partial charge on any atom is 0.0920 e. The Morgan fingerprint density at radius 2 is 1.62 bits per heavy atom. The Morgan fingerprint density at radius 1 is 0.897 bits per heavy atom. The topological polar surface area (TPSA) is 0 Å². The van der Waals surface area contributed by atoms with Gasteiger partial charge >= 0.3 is 37.9 Å². The minimum absolute atomic E-state index is 0.587. The molecule has 0 nitrogen and oxygen atoms in total. The van der Waals surface area contributed by atoms with Crippen LogP contribution < -0.4 is 10.4 Å². The summed E-state index contributed by atoms with van der Waals surface area (Å²) in [5, 5.41) is 5.64. The Labute approximate surface area is 255 Å². The summed E-state index contributed by atoms with van der Waals surface area (Å²) in [6, 6.07) is 38.6. The molecule has 0 saturated heterocycles. The van der Waals surface area contributed by atoms with Crippen molar-refractivity contribution in [3.63, 3.8) is 0 Å². The first-order chi connectivity index (χ1) is 19.1. The summed E-state index contributed by atoms with van der Waals surface area (Å²) in [6.45, 7) is 6.88. The van der Waals surface area contributed by atoms with Gasteiger partial charge < -0.3 is 0 Å². The van der Waals surface area contributed by atoms with Crippen LogP contribution in [-0.4, -0.2) is 9.52 Å². The first-order valence-electron chi connectivity index (χ1n) is 13.7. The Balaban J connectivity index is 0.000000184. The summed E-state index contributed by atoms with van der Waals surface area (Å²) >= 11 is -0.826. The van der Waals surface area contributed by atoms with E-state index in [-0.39, 0.29) is 0 Å². The molecule has 1 heterocycles. The summed E-state index contributed by atoms with van der Waals surface area (Å²) in [7, 11) is 10.7. The SMILES string of the molecule is CCCCc1cc2c(-c3ccccc3)c(C(C)CC)ccc2[cH-]1.[Cl][Zr+2][Cl].[c-]1cccc2c1[Si]c1ccccc1-2. The molecule has 2 radical (unpaired) electrons. The fourth-order valence-corrected chi connectivity index (χ4v) is 6.48. The number of aryl methyl sites for hydroxylation is 1. The van der Waals surface area contributed by atoms with Crippen molar-refractivity contribution in [2.45, 2.75) is 52.4 Å². The molecule has 5 aromatic rings. The smallest absolute Gasteiger partial charge is 0.0920 e. The largest absolute Gasteiger partial charge is 0.184 e. The maximum absolute atomic E-state index is 4.93. The van der Waals surface area contributed by atoms with Crippen molar-refractivity contribution >= 4 is 47.7 Å². The third-order valence-electron chi connectivity index (χ3n) is 7.34. The average molecular weight is 645 g/mol. The van der Waals surface area contributed by atoms with Crippen LogP contribution in [0.1, 0.15) is 57.1 Å². The molecule has 0 N–H and O–H groups in total. The molecule has 6 rings (SSSR count). The summed E-state index contributed by atoms with van der Waals surface area (Å²) in [6.07, 6.45) is 4.90. The zero-order chi connectivity index (χ0) is 27.6. The van der Waals surface area contributed by atoms with Crippen molar-refractivity contribution in [1.82, 2.24) is 0 Å². The fourth-order valence-electron chi connectivity index (χ4n) is 5.17. The van der Waals surface area contributed by atoms with Gasteiger partial charge in [-0.25, -0.2) is 0 Å². The molecule has 1 aliphatic rings. The van der Waals surface area contributed by atoms with E-state index in [2.05, 4.69) is 118 Å². The van der Waals surface area contributed by atoms with E-state index in [4.69, 9.17) is 17.0 Å². The summed E-state index contributed by atoms with van der Waals surface area (Å²) < 4.78 is 0. The zero-order valence-electron chi connectivity index (χ0n) is 22.9. The van der Waals surface area contributed by atoms with Crippen molar-refractivity contribution in [1.29, 1.82) is 0 Å². The summed E-state index contributed by atoms with van der Waals surface area (Å²) in [5.74, 6) is 0.587. The quantitative estimate of drug-likeness (QED) is 0.125. The molecular formula is C35H34Cl2SiZr. The number of halogens is 2. The zero-order valence-corrected chi connectivity index (χ0v) is 27.9. The second kappa shape index (κ2) is 15.2. The third-order valence-corrected chi connectivity index (χ3v) is 8.71. The molecule has 1 unspecified atom stereocenters. The number of rotatable bonds is 6. The first kappa shape index (κ1) is 30.1. The molecule has 39 heavy (non-hydrogen) atoms. The van der Waals surface area contributed by atoms with Gasteiger partial charge in [0.2, 0.25) is 0 Å². The number of benzene rings is 4. The van der Waals surface area contributed by atoms with Crippen molar-refractivity contribution < 1.29 is 20.8 Å². The molecular weight excluding hydrogens is 611 g/mol. The van der Waals surface area contributed by atoms with E-state index in [1.54, 1.807) is 0 Å². The minimum atomic E-state index is -0.826. The van der Waals surface area contributed by atoms with Crippen LogP contribution in [0.4, 0.5) is 0 Å². The van der Waals surface area contributed by atoms with Crippen LogP contribution in [0, 0.1) is 6.07 Å². The van der Waals surface area contributed by atoms with Crippen molar-refractivity contribution in [3.05, 3.63) is 114 Å². The molecule has 1 aliphatic heterocycles. The van der Waals surface area contributed by atoms with Crippen LogP contribution in [0.2, 0.25) is 0 Å². The van der Waals surface area contributed by atoms with Crippen LogP contribution in [0.5, 0.6) is 0 Å². The van der Waals surface area contributed by atoms with Gasteiger partial charge in [0.15, 0.2) is 0 Å². The van der Waals surface area contributed by atoms with Gasteiger partial charge in [-0.2, -0.15) is 35.5 Å². The average Bonchev–Trinajstić information content (AvgIpc) is 3.57. The predicted molar refractivity (Wildman–Crippen MR) is 170 cm³/mol. The van der Waals surface area contributed by atoms with Crippen LogP contribution in [0.25, 0.3) is 33.0 Å². The monoisotopic (exact) mass is 642 g/mol. The molecule has 0 amide bonds. The Morgan fingerprint density at radius 3 is 2.36 bits per heavy atom. The van der Waals surface area contributed by atoms with Gasteiger partial charge in [-0.3, -0.25) is 0 Å². The summed E-state index contributed by atoms with van der Waals surface area (Å²) in [4.78, 5) is 0. The van der Waals surface area contributed by atoms with Crippen LogP contribution in [0.15, 0.2) is 97.1 Å². The van der Waals surface area contributed by atoms with Crippen molar-refractivity contribution in [2.24, 2.45) is 0 Å². The third kappa shape index (κ3) is 7.47. The van der Waals surface area contributed by atoms with E-state index >= 15 is 0 Å². The number of fused-ring (bicyclic) bond motifs is 4. The van der Waals surface area contributed by atoms with Gasteiger partial charge in [-0.1, -0.05) is 110 Å². The Kier molecular flexibility index (Phi) is 11.8. The number of unbranched alkanes of at least 4 members (excludes halogenated alkanes) is 1. The molecule has 0 aromatic heterocycles. The summed E-state index contributed by atoms with van der Waals surface area (Å²) in [5.41, 5.74) is 8.53. The molecule has 5 aromatic carbocycles. The number of hydrogen-bond donors (Lipinski definition) is 0. The van der Waals surface area contributed by atoms with Crippen LogP contribution in [-0.2, 0) is 27.3 Å². The van der Waals surface area contributed by atoms with Crippen LogP contribution >= 0.6 is 17.0 Å². The van der Waals surface area contributed by atoms with E-state index in [0.717, 1.165) is 9.52 Å². The van der Waals surface area contributed by atoms with E-state index in [0.29, 0.717) is 5.92 Å². The molecule has 0 bridgehead atoms. The maximum atomic E-state index is 4.93. The molecule has 196 valence electrons. The van der Waals surface area contributed by atoms with Gasteiger partial charge in [0.25, 0.3) is 0 Å². The molecule has 0 saturated carbocycles. The second-order valence-corrected chi connectivity index (χ2v) is 14.9. The standard InChI is InChI=1S/C23H27.C12H7Si.2ClH.Zr/c1-4-6-10-18-15-20-13-14-21(17(3)5-2)23(22(20)16-18)19-11-8-7-9-12-19;1-3-7-11-9(5-1)10-6-2-4-8-12(10)13-11;;;/h7-9,11-17H,4-6,10H2,1-3H3;1-7H;2*1H;/q2*-1;;;+4/p-2. The number of hydrogen-bond acceptors (Lipinski definition) is 0. The van der Waals surface area contributed by atoms with Gasteiger partial charge in [0.05, 0.1) is 9.52 Å². The first-order valence-corrected chi connectivity index (χ1v) is 21.0. The predicted octanol–water partition coefficient (Wildman–Crippen LogP) is 9.58. The van der Waals surface area contributed by atoms with Gasteiger partial charge in [-0.05, 0) is 24.3 Å². The van der Waals surface area contributed by atoms with E-state index in [9.17, 15) is 0 Å². The van der Waals surface area contributed by atoms with Gasteiger partial charge in [0.1, 0.15) is 0 Å². The molecule has 4 heteroatoms. The van der Waals surface area contributed by atoms with Crippen molar-refractivity contribution in [2.75, 3.05) is 0 Å². The normalized spacial score (nSPS) is 11.8. The molecule has 0 aliphatic carbocycles. The van der Waals surface area contributed by atoms with Crippen LogP contribution in [0.3, 0.4) is 0 Å². The van der Waals surface area contributed by atoms with E-state index < -0.39 is 20.8 Å².